The lowest BCUT2D eigenvalue weighted by Crippen LogP contribution is -2.33. The first kappa shape index (κ1) is 28.2. The second-order valence-electron chi connectivity index (χ2n) is 9.16. The largest absolute Gasteiger partial charge is 0.478 e. The highest BCUT2D eigenvalue weighted by Crippen LogP contribution is 2.25. The van der Waals surface area contributed by atoms with Crippen molar-refractivity contribution >= 4 is 67.7 Å². The molecule has 0 spiro atoms. The van der Waals surface area contributed by atoms with E-state index in [1.807, 2.05) is 36.4 Å². The molecular formula is C31H23ClN2O5S2. The zero-order valence-corrected chi connectivity index (χ0v) is 23.8. The molecule has 0 aliphatic carbocycles. The van der Waals surface area contributed by atoms with Crippen molar-refractivity contribution in [2.75, 3.05) is 5.75 Å². The molecule has 1 amide bonds. The molecule has 5 rings (SSSR count). The highest BCUT2D eigenvalue weighted by Gasteiger charge is 2.28. The van der Waals surface area contributed by atoms with Gasteiger partial charge in [0, 0.05) is 10.4 Å². The lowest BCUT2D eigenvalue weighted by Gasteiger charge is -2.20. The summed E-state index contributed by atoms with van der Waals surface area (Å²) in [6, 6.07) is 24.3. The van der Waals surface area contributed by atoms with Gasteiger partial charge in [0.05, 0.1) is 38.3 Å². The van der Waals surface area contributed by atoms with Gasteiger partial charge in [-0.1, -0.05) is 66.2 Å². The molecule has 0 saturated carbocycles. The van der Waals surface area contributed by atoms with Crippen LogP contribution in [0.5, 0.6) is 0 Å². The summed E-state index contributed by atoms with van der Waals surface area (Å²) in [6.45, 7) is 0. The average Bonchev–Trinajstić information content (AvgIpc) is 3.51. The molecule has 0 saturated heterocycles. The Hall–Kier alpha value is -4.31. The molecule has 1 atom stereocenters. The maximum Gasteiger partial charge on any atom is 0.337 e. The summed E-state index contributed by atoms with van der Waals surface area (Å²) < 4.78 is 27.0. The van der Waals surface area contributed by atoms with Crippen molar-refractivity contribution < 1.29 is 23.1 Å². The molecule has 0 aliphatic heterocycles. The minimum atomic E-state index is -4.12. The van der Waals surface area contributed by atoms with Gasteiger partial charge in [0.15, 0.2) is 9.84 Å². The van der Waals surface area contributed by atoms with E-state index in [1.54, 1.807) is 47.8 Å². The van der Waals surface area contributed by atoms with Crippen LogP contribution in [-0.2, 0) is 9.84 Å². The molecule has 0 aliphatic rings. The standard InChI is InChI=1S/C31H23ClN2O5S2/c32-23-13-11-21-12-15-24(33-26(21)18-23)14-10-20-5-3-6-22(17-20)27(34-30(35)28-8-4-16-40-28)19-41(38,39)29-9-2-1-7-25(29)31(36)37/h1-18,27H,19H2,(H,34,35)(H,36,37)/b14-10+. The summed E-state index contributed by atoms with van der Waals surface area (Å²) in [4.78, 5) is 29.5. The minimum Gasteiger partial charge on any atom is -0.478 e. The number of carboxylic acid groups (broad SMARTS) is 1. The molecule has 2 N–H and O–H groups in total. The van der Waals surface area contributed by atoms with Gasteiger partial charge in [0.2, 0.25) is 0 Å². The molecule has 5 aromatic rings. The van der Waals surface area contributed by atoms with Crippen LogP contribution < -0.4 is 5.32 Å². The summed E-state index contributed by atoms with van der Waals surface area (Å²) in [7, 11) is -4.12. The number of benzene rings is 3. The second-order valence-corrected chi connectivity index (χ2v) is 12.5. The van der Waals surface area contributed by atoms with Gasteiger partial charge in [-0.2, -0.15) is 0 Å². The van der Waals surface area contributed by atoms with Gasteiger partial charge >= 0.3 is 5.97 Å². The second kappa shape index (κ2) is 12.1. The van der Waals surface area contributed by atoms with Crippen molar-refractivity contribution in [2.45, 2.75) is 10.9 Å². The molecular weight excluding hydrogens is 580 g/mol. The summed E-state index contributed by atoms with van der Waals surface area (Å²) >= 11 is 7.34. The fourth-order valence-corrected chi connectivity index (χ4v) is 6.81. The van der Waals surface area contributed by atoms with Crippen LogP contribution in [-0.4, -0.2) is 36.1 Å². The molecule has 206 valence electrons. The van der Waals surface area contributed by atoms with E-state index in [0.717, 1.165) is 16.5 Å². The van der Waals surface area contributed by atoms with Crippen molar-refractivity contribution in [2.24, 2.45) is 0 Å². The lowest BCUT2D eigenvalue weighted by molar-refractivity contribution is 0.0692. The predicted molar refractivity (Wildman–Crippen MR) is 162 cm³/mol. The number of hydrogen-bond acceptors (Lipinski definition) is 6. The van der Waals surface area contributed by atoms with Crippen LogP contribution >= 0.6 is 22.9 Å². The summed E-state index contributed by atoms with van der Waals surface area (Å²) in [5.74, 6) is -2.30. The molecule has 0 bridgehead atoms. The zero-order valence-electron chi connectivity index (χ0n) is 21.4. The molecule has 0 fully saturated rings. The van der Waals surface area contributed by atoms with Gasteiger partial charge in [-0.05, 0) is 65.0 Å². The van der Waals surface area contributed by atoms with E-state index in [2.05, 4.69) is 10.3 Å². The number of thiophene rings is 1. The number of nitrogens with zero attached hydrogens (tertiary/aromatic N) is 1. The Balaban J connectivity index is 1.47. The fourth-order valence-electron chi connectivity index (χ4n) is 4.34. The number of carbonyl (C=O) groups excluding carboxylic acids is 1. The number of nitrogens with one attached hydrogen (secondary N) is 1. The van der Waals surface area contributed by atoms with Crippen molar-refractivity contribution in [3.05, 3.63) is 129 Å². The number of carbonyl (C=O) groups is 2. The molecule has 2 aromatic heterocycles. The molecule has 3 aromatic carbocycles. The van der Waals surface area contributed by atoms with Gasteiger partial charge in [0.25, 0.3) is 5.91 Å². The first-order valence-electron chi connectivity index (χ1n) is 12.4. The third kappa shape index (κ3) is 6.71. The predicted octanol–water partition coefficient (Wildman–Crippen LogP) is 6.76. The quantitative estimate of drug-likeness (QED) is 0.193. The van der Waals surface area contributed by atoms with Crippen LogP contribution in [0.3, 0.4) is 0 Å². The Morgan fingerprint density at radius 2 is 1.76 bits per heavy atom. The number of halogens is 1. The molecule has 2 heterocycles. The third-order valence-corrected chi connectivity index (χ3v) is 9.23. The van der Waals surface area contributed by atoms with Gasteiger partial charge in [-0.25, -0.2) is 18.2 Å². The van der Waals surface area contributed by atoms with E-state index >= 15 is 0 Å². The maximum absolute atomic E-state index is 13.5. The van der Waals surface area contributed by atoms with Crippen molar-refractivity contribution in [1.82, 2.24) is 10.3 Å². The molecule has 0 radical (unpaired) electrons. The highest BCUT2D eigenvalue weighted by molar-refractivity contribution is 7.91. The average molecular weight is 603 g/mol. The number of aromatic carboxylic acids is 1. The van der Waals surface area contributed by atoms with Crippen LogP contribution in [0.25, 0.3) is 23.1 Å². The van der Waals surface area contributed by atoms with E-state index in [1.165, 1.54) is 35.6 Å². The van der Waals surface area contributed by atoms with Crippen molar-refractivity contribution in [1.29, 1.82) is 0 Å². The maximum atomic E-state index is 13.5. The van der Waals surface area contributed by atoms with Crippen molar-refractivity contribution in [3.8, 4) is 0 Å². The van der Waals surface area contributed by atoms with Crippen molar-refractivity contribution in [3.63, 3.8) is 0 Å². The Bertz CT molecular complexity index is 1890. The van der Waals surface area contributed by atoms with Gasteiger partial charge in [-0.3, -0.25) is 4.79 Å². The molecule has 41 heavy (non-hydrogen) atoms. The van der Waals surface area contributed by atoms with Gasteiger partial charge in [-0.15, -0.1) is 11.3 Å². The van der Waals surface area contributed by atoms with Crippen LogP contribution in [0.1, 0.15) is 42.9 Å². The first-order valence-corrected chi connectivity index (χ1v) is 15.3. The van der Waals surface area contributed by atoms with Gasteiger partial charge in [0.1, 0.15) is 0 Å². The Morgan fingerprint density at radius 1 is 0.951 bits per heavy atom. The van der Waals surface area contributed by atoms with Gasteiger partial charge < -0.3 is 10.4 Å². The zero-order chi connectivity index (χ0) is 29.0. The molecule has 10 heteroatoms. The lowest BCUT2D eigenvalue weighted by atomic mass is 10.0. The van der Waals surface area contributed by atoms with E-state index in [0.29, 0.717) is 21.2 Å². The van der Waals surface area contributed by atoms with E-state index in [4.69, 9.17) is 11.6 Å². The number of rotatable bonds is 9. The monoisotopic (exact) mass is 602 g/mol. The number of carboxylic acids is 1. The highest BCUT2D eigenvalue weighted by atomic mass is 35.5. The third-order valence-electron chi connectivity index (χ3n) is 6.32. The number of sulfone groups is 1. The van der Waals surface area contributed by atoms with E-state index in [9.17, 15) is 23.1 Å². The normalized spacial score (nSPS) is 12.4. The Labute approximate surface area is 245 Å². The minimum absolute atomic E-state index is 0.304. The smallest absolute Gasteiger partial charge is 0.337 e. The summed E-state index contributed by atoms with van der Waals surface area (Å²) in [5, 5.41) is 15.7. The van der Waals surface area contributed by atoms with Crippen LogP contribution in [0, 0.1) is 0 Å². The molecule has 7 nitrogen and oxygen atoms in total. The number of fused-ring (bicyclic) bond motifs is 1. The Morgan fingerprint density at radius 3 is 2.54 bits per heavy atom. The van der Waals surface area contributed by atoms with Crippen LogP contribution in [0.15, 0.2) is 101 Å². The number of amides is 1. The topological polar surface area (TPSA) is 113 Å². The number of pyridine rings is 1. The molecule has 1 unspecified atom stereocenters. The van der Waals surface area contributed by atoms with Crippen LogP contribution in [0.2, 0.25) is 5.02 Å². The van der Waals surface area contributed by atoms with Crippen LogP contribution in [0.4, 0.5) is 0 Å². The number of hydrogen-bond donors (Lipinski definition) is 2. The Kier molecular flexibility index (Phi) is 8.30. The van der Waals surface area contributed by atoms with E-state index in [-0.39, 0.29) is 10.5 Å². The fraction of sp³-hybridized carbons (Fsp3) is 0.0645. The van der Waals surface area contributed by atoms with E-state index < -0.39 is 33.5 Å². The number of aromatic nitrogens is 1. The SMILES string of the molecule is O=C(NC(CS(=O)(=O)c1ccccc1C(=O)O)c1cccc(/C=C/c2ccc3ccc(Cl)cc3n2)c1)c1cccs1. The summed E-state index contributed by atoms with van der Waals surface area (Å²) in [6.07, 6.45) is 3.67. The first-order chi connectivity index (χ1) is 19.7. The summed E-state index contributed by atoms with van der Waals surface area (Å²) in [5.41, 5.74) is 2.45.